The molecule has 0 aliphatic heterocycles. The lowest BCUT2D eigenvalue weighted by molar-refractivity contribution is 0.600. The molecule has 1 aromatic heterocycles. The van der Waals surface area contributed by atoms with E-state index in [-0.39, 0.29) is 16.1 Å². The molecule has 2 aromatic rings. The van der Waals surface area contributed by atoms with Crippen molar-refractivity contribution in [3.63, 3.8) is 0 Å². The Balaban J connectivity index is 2.36. The van der Waals surface area contributed by atoms with E-state index in [1.54, 1.807) is 6.07 Å². The minimum Gasteiger partial charge on any atom is -0.328 e. The van der Waals surface area contributed by atoms with Gasteiger partial charge in [0.25, 0.3) is 10.0 Å². The number of hydrogen-bond acceptors (Lipinski definition) is 4. The molecular weight excluding hydrogens is 285 g/mol. The summed E-state index contributed by atoms with van der Waals surface area (Å²) in [6.07, 6.45) is 1.04. The molecule has 6 nitrogen and oxygen atoms in total. The first-order valence-electron chi connectivity index (χ1n) is 5.33. The van der Waals surface area contributed by atoms with Crippen LogP contribution in [0.15, 0.2) is 46.2 Å². The molecule has 0 radical (unpaired) electrons. The first kappa shape index (κ1) is 13.8. The summed E-state index contributed by atoms with van der Waals surface area (Å²) < 4.78 is 39.3. The molecule has 0 aliphatic carbocycles. The van der Waals surface area contributed by atoms with Crippen molar-refractivity contribution in [3.05, 3.63) is 58.3 Å². The highest BCUT2D eigenvalue weighted by Crippen LogP contribution is 2.17. The highest BCUT2D eigenvalue weighted by atomic mass is 32.2. The maximum Gasteiger partial charge on any atom is 0.263 e. The molecule has 2 N–H and O–H groups in total. The lowest BCUT2D eigenvalue weighted by Crippen LogP contribution is -2.15. The Hall–Kier alpha value is -2.66. The van der Waals surface area contributed by atoms with Crippen molar-refractivity contribution in [2.24, 2.45) is 0 Å². The third-order valence-electron chi connectivity index (χ3n) is 2.40. The molecule has 1 aromatic carbocycles. The summed E-state index contributed by atoms with van der Waals surface area (Å²) >= 11 is 0. The van der Waals surface area contributed by atoms with E-state index in [2.05, 4.69) is 9.71 Å². The van der Waals surface area contributed by atoms with Crippen LogP contribution in [0.25, 0.3) is 0 Å². The fourth-order valence-electron chi connectivity index (χ4n) is 1.45. The number of sulfonamides is 1. The van der Waals surface area contributed by atoms with Gasteiger partial charge in [0.2, 0.25) is 5.56 Å². The Labute approximate surface area is 113 Å². The highest BCUT2D eigenvalue weighted by molar-refractivity contribution is 7.92. The van der Waals surface area contributed by atoms with E-state index in [4.69, 9.17) is 5.26 Å². The van der Waals surface area contributed by atoms with E-state index in [0.717, 1.165) is 30.5 Å². The maximum atomic E-state index is 13.1. The Morgan fingerprint density at radius 3 is 2.60 bits per heavy atom. The third kappa shape index (κ3) is 2.84. The van der Waals surface area contributed by atoms with Gasteiger partial charge in [0.15, 0.2) is 0 Å². The zero-order valence-electron chi connectivity index (χ0n) is 9.92. The number of pyridine rings is 1. The summed E-state index contributed by atoms with van der Waals surface area (Å²) in [5, 5.41) is 8.68. The van der Waals surface area contributed by atoms with Crippen molar-refractivity contribution < 1.29 is 12.8 Å². The molecule has 1 heterocycles. The highest BCUT2D eigenvalue weighted by Gasteiger charge is 2.15. The van der Waals surface area contributed by atoms with Gasteiger partial charge in [-0.3, -0.25) is 9.52 Å². The minimum absolute atomic E-state index is 0.0501. The smallest absolute Gasteiger partial charge is 0.263 e. The summed E-state index contributed by atoms with van der Waals surface area (Å²) in [5.74, 6) is -0.737. The van der Waals surface area contributed by atoms with E-state index < -0.39 is 21.4 Å². The van der Waals surface area contributed by atoms with Crippen LogP contribution in [0.1, 0.15) is 5.56 Å². The first-order valence-corrected chi connectivity index (χ1v) is 6.82. The quantitative estimate of drug-likeness (QED) is 0.887. The molecule has 0 fully saturated rings. The number of rotatable bonds is 3. The molecule has 0 atom stereocenters. The van der Waals surface area contributed by atoms with E-state index in [1.165, 1.54) is 6.07 Å². The van der Waals surface area contributed by atoms with Crippen molar-refractivity contribution >= 4 is 15.7 Å². The zero-order valence-corrected chi connectivity index (χ0v) is 10.7. The normalized spacial score (nSPS) is 10.8. The molecular formula is C12H8FN3O3S. The van der Waals surface area contributed by atoms with E-state index in [0.29, 0.717) is 0 Å². The molecule has 0 aliphatic rings. The number of nitrogens with one attached hydrogen (secondary N) is 2. The monoisotopic (exact) mass is 293 g/mol. The predicted molar refractivity (Wildman–Crippen MR) is 69.0 cm³/mol. The third-order valence-corrected chi connectivity index (χ3v) is 3.78. The van der Waals surface area contributed by atoms with Crippen LogP contribution in [0.5, 0.6) is 0 Å². The second-order valence-electron chi connectivity index (χ2n) is 3.80. The molecule has 0 bridgehead atoms. The largest absolute Gasteiger partial charge is 0.328 e. The fourth-order valence-corrected chi connectivity index (χ4v) is 2.47. The van der Waals surface area contributed by atoms with Gasteiger partial charge in [-0.15, -0.1) is 0 Å². The van der Waals surface area contributed by atoms with E-state index >= 15 is 0 Å². The zero-order chi connectivity index (χ0) is 14.8. The van der Waals surface area contributed by atoms with Crippen molar-refractivity contribution in [1.29, 1.82) is 5.26 Å². The van der Waals surface area contributed by atoms with Gasteiger partial charge in [-0.2, -0.15) is 5.26 Å². The van der Waals surface area contributed by atoms with Crippen LogP contribution in [-0.4, -0.2) is 13.4 Å². The number of nitriles is 1. The molecule has 8 heteroatoms. The van der Waals surface area contributed by atoms with Crippen molar-refractivity contribution in [3.8, 4) is 6.07 Å². The van der Waals surface area contributed by atoms with Gasteiger partial charge in [-0.25, -0.2) is 12.8 Å². The van der Waals surface area contributed by atoms with Crippen LogP contribution >= 0.6 is 0 Å². The lowest BCUT2D eigenvalue weighted by Gasteiger charge is -2.08. The standard InChI is InChI=1S/C12H8FN3O3S/c13-11-3-1-9(5-8(11)6-14)16-20(18,19)10-2-4-12(17)15-7-10/h1-5,7,16H,(H,15,17). The van der Waals surface area contributed by atoms with Gasteiger partial charge in [-0.05, 0) is 24.3 Å². The van der Waals surface area contributed by atoms with Crippen LogP contribution in [0.3, 0.4) is 0 Å². The Kier molecular flexibility index (Phi) is 3.54. The number of halogens is 1. The molecule has 2 rings (SSSR count). The van der Waals surface area contributed by atoms with E-state index in [1.807, 2.05) is 0 Å². The fraction of sp³-hybridized carbons (Fsp3) is 0. The summed E-state index contributed by atoms with van der Waals surface area (Å²) in [6, 6.07) is 7.08. The first-order chi connectivity index (χ1) is 9.42. The molecule has 0 amide bonds. The van der Waals surface area contributed by atoms with Crippen molar-refractivity contribution in [1.82, 2.24) is 4.98 Å². The number of nitrogens with zero attached hydrogens (tertiary/aromatic N) is 1. The van der Waals surface area contributed by atoms with Gasteiger partial charge >= 0.3 is 0 Å². The number of H-pyrrole nitrogens is 1. The van der Waals surface area contributed by atoms with Gasteiger partial charge in [0, 0.05) is 12.3 Å². The Morgan fingerprint density at radius 2 is 2.00 bits per heavy atom. The topological polar surface area (TPSA) is 103 Å². The molecule has 0 saturated carbocycles. The number of aromatic amines is 1. The van der Waals surface area contributed by atoms with Crippen LogP contribution < -0.4 is 10.3 Å². The number of hydrogen-bond donors (Lipinski definition) is 2. The molecule has 20 heavy (non-hydrogen) atoms. The average Bonchev–Trinajstić information content (AvgIpc) is 2.41. The molecule has 0 unspecified atom stereocenters. The van der Waals surface area contributed by atoms with Gasteiger partial charge < -0.3 is 4.98 Å². The van der Waals surface area contributed by atoms with Crippen LogP contribution in [-0.2, 0) is 10.0 Å². The Bertz CT molecular complexity index is 832. The predicted octanol–water partition coefficient (Wildman–Crippen LogP) is 1.19. The summed E-state index contributed by atoms with van der Waals surface area (Å²) in [4.78, 5) is 13.0. The number of aromatic nitrogens is 1. The van der Waals surface area contributed by atoms with Gasteiger partial charge in [-0.1, -0.05) is 0 Å². The Morgan fingerprint density at radius 1 is 1.25 bits per heavy atom. The van der Waals surface area contributed by atoms with Crippen LogP contribution in [0.2, 0.25) is 0 Å². The van der Waals surface area contributed by atoms with Gasteiger partial charge in [0.1, 0.15) is 16.8 Å². The van der Waals surface area contributed by atoms with Crippen LogP contribution in [0, 0.1) is 17.1 Å². The molecule has 0 spiro atoms. The second kappa shape index (κ2) is 5.14. The average molecular weight is 293 g/mol. The number of anilines is 1. The molecule has 102 valence electrons. The number of benzene rings is 1. The van der Waals surface area contributed by atoms with E-state index in [9.17, 15) is 17.6 Å². The summed E-state index contributed by atoms with van der Waals surface area (Å²) in [7, 11) is -3.92. The molecule has 0 saturated heterocycles. The van der Waals surface area contributed by atoms with Gasteiger partial charge in [0.05, 0.1) is 11.3 Å². The summed E-state index contributed by atoms with van der Waals surface area (Å²) in [5.41, 5.74) is -0.654. The lowest BCUT2D eigenvalue weighted by atomic mass is 10.2. The maximum absolute atomic E-state index is 13.1. The minimum atomic E-state index is -3.92. The SMILES string of the molecule is N#Cc1cc(NS(=O)(=O)c2ccc(=O)[nH]c2)ccc1F. The summed E-state index contributed by atoms with van der Waals surface area (Å²) in [6.45, 7) is 0. The second-order valence-corrected chi connectivity index (χ2v) is 5.48. The van der Waals surface area contributed by atoms with Crippen LogP contribution in [0.4, 0.5) is 10.1 Å². The van der Waals surface area contributed by atoms with Crippen molar-refractivity contribution in [2.45, 2.75) is 4.90 Å². The van der Waals surface area contributed by atoms with Crippen molar-refractivity contribution in [2.75, 3.05) is 4.72 Å².